The van der Waals surface area contributed by atoms with E-state index in [4.69, 9.17) is 4.42 Å². The van der Waals surface area contributed by atoms with Gasteiger partial charge in [0.05, 0.1) is 4.90 Å². The molecule has 1 amide bonds. The number of sulfone groups is 1. The molecule has 0 saturated carbocycles. The lowest BCUT2D eigenvalue weighted by Crippen LogP contribution is -2.12. The van der Waals surface area contributed by atoms with Gasteiger partial charge in [-0.15, -0.1) is 16.9 Å². The number of hydrogen-bond donors (Lipinski definition) is 1. The molecule has 1 aromatic heterocycles. The summed E-state index contributed by atoms with van der Waals surface area (Å²) in [5.41, 5.74) is 0.449. The van der Waals surface area contributed by atoms with Crippen LogP contribution in [-0.2, 0) is 15.6 Å². The van der Waals surface area contributed by atoms with E-state index in [9.17, 15) is 13.2 Å². The Labute approximate surface area is 161 Å². The van der Waals surface area contributed by atoms with Crippen LogP contribution in [0.25, 0.3) is 0 Å². The van der Waals surface area contributed by atoms with E-state index in [0.717, 1.165) is 10.6 Å². The predicted molar refractivity (Wildman–Crippen MR) is 102 cm³/mol. The van der Waals surface area contributed by atoms with E-state index in [-0.39, 0.29) is 16.8 Å². The van der Waals surface area contributed by atoms with Crippen molar-refractivity contribution in [2.24, 2.45) is 0 Å². The average molecular weight is 403 g/mol. The number of aromatic nitrogens is 2. The second-order valence-corrected chi connectivity index (χ2v) is 8.82. The molecule has 0 atom stereocenters. The number of thioether (sulfide) groups is 1. The zero-order chi connectivity index (χ0) is 19.3. The van der Waals surface area contributed by atoms with E-state index in [2.05, 4.69) is 15.5 Å². The van der Waals surface area contributed by atoms with Crippen LogP contribution in [-0.4, -0.2) is 30.3 Å². The van der Waals surface area contributed by atoms with Crippen LogP contribution in [0.1, 0.15) is 23.2 Å². The molecule has 1 N–H and O–H groups in total. The molecule has 0 spiro atoms. The fourth-order valence-electron chi connectivity index (χ4n) is 2.30. The van der Waals surface area contributed by atoms with Gasteiger partial charge in [-0.05, 0) is 36.1 Å². The summed E-state index contributed by atoms with van der Waals surface area (Å²) in [5, 5.41) is 9.90. The van der Waals surface area contributed by atoms with Crippen molar-refractivity contribution in [2.75, 3.05) is 11.1 Å². The van der Waals surface area contributed by atoms with E-state index >= 15 is 0 Å². The maximum absolute atomic E-state index is 12.3. The van der Waals surface area contributed by atoms with Gasteiger partial charge in [0, 0.05) is 10.5 Å². The Hall–Kier alpha value is -2.65. The normalized spacial score (nSPS) is 11.3. The highest BCUT2D eigenvalue weighted by molar-refractivity contribution is 7.99. The van der Waals surface area contributed by atoms with Crippen LogP contribution in [0.5, 0.6) is 0 Å². The van der Waals surface area contributed by atoms with Crippen molar-refractivity contribution < 1.29 is 17.6 Å². The molecule has 0 aliphatic carbocycles. The molecule has 3 aromatic rings. The number of nitrogens with zero attached hydrogens (tertiary/aromatic N) is 2. The first-order chi connectivity index (χ1) is 13.0. The zero-order valence-corrected chi connectivity index (χ0v) is 16.1. The molecule has 27 heavy (non-hydrogen) atoms. The van der Waals surface area contributed by atoms with Gasteiger partial charge in [0.2, 0.25) is 5.89 Å². The lowest BCUT2D eigenvalue weighted by molar-refractivity contribution is 0.102. The number of rotatable bonds is 7. The van der Waals surface area contributed by atoms with Crippen LogP contribution in [0.4, 0.5) is 6.01 Å². The van der Waals surface area contributed by atoms with Gasteiger partial charge in [-0.3, -0.25) is 10.1 Å². The minimum atomic E-state index is -3.60. The van der Waals surface area contributed by atoms with Crippen LogP contribution in [0.3, 0.4) is 0 Å². The van der Waals surface area contributed by atoms with Crippen molar-refractivity contribution in [2.45, 2.75) is 22.5 Å². The van der Waals surface area contributed by atoms with E-state index < -0.39 is 21.5 Å². The summed E-state index contributed by atoms with van der Waals surface area (Å²) in [6, 6.07) is 15.0. The molecule has 0 radical (unpaired) electrons. The third-order valence-corrected chi connectivity index (χ3v) is 6.00. The number of carbonyl (C=O) groups is 1. The molecule has 0 aliphatic heterocycles. The van der Waals surface area contributed by atoms with Gasteiger partial charge >= 0.3 is 6.01 Å². The standard InChI is InChI=1S/C18H17N3O4S2/c1-2-26-14-8-6-7-13(11-14)17(22)19-18-21-20-16(25-18)12-27(23,24)15-9-4-3-5-10-15/h3-11H,2,12H2,1H3,(H,19,21,22). The zero-order valence-electron chi connectivity index (χ0n) is 14.5. The Bertz CT molecular complexity index is 1030. The minimum absolute atomic E-state index is 0.0931. The van der Waals surface area contributed by atoms with Gasteiger partial charge in [-0.25, -0.2) is 8.42 Å². The second kappa shape index (κ2) is 8.36. The van der Waals surface area contributed by atoms with Crippen LogP contribution in [0, 0.1) is 0 Å². The van der Waals surface area contributed by atoms with Crippen molar-refractivity contribution in [3.05, 3.63) is 66.1 Å². The van der Waals surface area contributed by atoms with Crippen LogP contribution in [0.15, 0.2) is 68.8 Å². The van der Waals surface area contributed by atoms with Gasteiger partial charge in [-0.1, -0.05) is 36.3 Å². The first kappa shape index (κ1) is 19.1. The van der Waals surface area contributed by atoms with E-state index in [1.54, 1.807) is 48.2 Å². The summed E-state index contributed by atoms with van der Waals surface area (Å²) < 4.78 is 29.9. The molecule has 0 unspecified atom stereocenters. The minimum Gasteiger partial charge on any atom is -0.407 e. The Morgan fingerprint density at radius 2 is 1.89 bits per heavy atom. The molecule has 0 fully saturated rings. The molecule has 7 nitrogen and oxygen atoms in total. The third kappa shape index (κ3) is 4.95. The molecule has 2 aromatic carbocycles. The predicted octanol–water partition coefficient (Wildman–Crippen LogP) is 3.41. The van der Waals surface area contributed by atoms with Crippen molar-refractivity contribution >= 4 is 33.5 Å². The Kier molecular flexibility index (Phi) is 5.92. The molecule has 0 aliphatic rings. The maximum atomic E-state index is 12.3. The fourth-order valence-corrected chi connectivity index (χ4v) is 4.20. The van der Waals surface area contributed by atoms with Crippen molar-refractivity contribution in [1.82, 2.24) is 10.2 Å². The fraction of sp³-hybridized carbons (Fsp3) is 0.167. The quantitative estimate of drug-likeness (QED) is 0.603. The van der Waals surface area contributed by atoms with Gasteiger partial charge in [0.1, 0.15) is 5.75 Å². The molecule has 3 rings (SSSR count). The summed E-state index contributed by atoms with van der Waals surface area (Å²) in [6.45, 7) is 2.03. The monoisotopic (exact) mass is 403 g/mol. The number of nitrogens with one attached hydrogen (secondary N) is 1. The largest absolute Gasteiger partial charge is 0.407 e. The van der Waals surface area contributed by atoms with E-state index in [0.29, 0.717) is 5.56 Å². The van der Waals surface area contributed by atoms with E-state index in [1.807, 2.05) is 13.0 Å². The highest BCUT2D eigenvalue weighted by atomic mass is 32.2. The molecule has 0 bridgehead atoms. The lowest BCUT2D eigenvalue weighted by atomic mass is 10.2. The molecular weight excluding hydrogens is 386 g/mol. The number of benzene rings is 2. The van der Waals surface area contributed by atoms with Gasteiger partial charge in [0.25, 0.3) is 5.91 Å². The number of amides is 1. The second-order valence-electron chi connectivity index (χ2n) is 5.49. The molecule has 140 valence electrons. The molecule has 0 saturated heterocycles. The summed E-state index contributed by atoms with van der Waals surface area (Å²) in [6.07, 6.45) is 0. The highest BCUT2D eigenvalue weighted by Gasteiger charge is 2.20. The molecule has 9 heteroatoms. The highest BCUT2D eigenvalue weighted by Crippen LogP contribution is 2.20. The number of carbonyl (C=O) groups excluding carboxylic acids is 1. The summed E-state index contributed by atoms with van der Waals surface area (Å²) >= 11 is 1.62. The molecular formula is C18H17N3O4S2. The van der Waals surface area contributed by atoms with Crippen LogP contribution >= 0.6 is 11.8 Å². The molecule has 1 heterocycles. The van der Waals surface area contributed by atoms with E-state index in [1.165, 1.54) is 12.1 Å². The Morgan fingerprint density at radius 1 is 1.11 bits per heavy atom. The van der Waals surface area contributed by atoms with Crippen molar-refractivity contribution in [1.29, 1.82) is 0 Å². The van der Waals surface area contributed by atoms with Crippen molar-refractivity contribution in [3.63, 3.8) is 0 Å². The Balaban J connectivity index is 1.69. The lowest BCUT2D eigenvalue weighted by Gasteiger charge is -2.03. The van der Waals surface area contributed by atoms with Crippen LogP contribution in [0.2, 0.25) is 0 Å². The first-order valence-corrected chi connectivity index (χ1v) is 10.8. The average Bonchev–Trinajstić information content (AvgIpc) is 3.09. The first-order valence-electron chi connectivity index (χ1n) is 8.12. The smallest absolute Gasteiger partial charge is 0.322 e. The van der Waals surface area contributed by atoms with Crippen LogP contribution < -0.4 is 5.32 Å². The summed E-state index contributed by atoms with van der Waals surface area (Å²) in [7, 11) is -3.60. The summed E-state index contributed by atoms with van der Waals surface area (Å²) in [4.78, 5) is 13.5. The topological polar surface area (TPSA) is 102 Å². The maximum Gasteiger partial charge on any atom is 0.322 e. The third-order valence-electron chi connectivity index (χ3n) is 3.51. The van der Waals surface area contributed by atoms with Gasteiger partial charge < -0.3 is 4.42 Å². The number of anilines is 1. The van der Waals surface area contributed by atoms with Crippen molar-refractivity contribution in [3.8, 4) is 0 Å². The van der Waals surface area contributed by atoms with Gasteiger partial charge in [0.15, 0.2) is 9.84 Å². The number of hydrogen-bond acceptors (Lipinski definition) is 7. The summed E-state index contributed by atoms with van der Waals surface area (Å²) in [5.74, 6) is -0.0460. The Morgan fingerprint density at radius 3 is 2.63 bits per heavy atom. The van der Waals surface area contributed by atoms with Gasteiger partial charge in [-0.2, -0.15) is 0 Å². The SMILES string of the molecule is CCSc1cccc(C(=O)Nc2nnc(CS(=O)(=O)c3ccccc3)o2)c1.